The molecule has 0 spiro atoms. The van der Waals surface area contributed by atoms with Crippen molar-refractivity contribution in [1.82, 2.24) is 14.9 Å². The molecule has 274 valence electrons. The van der Waals surface area contributed by atoms with Crippen LogP contribution in [-0.4, -0.2) is 70.6 Å². The molecular formula is C40H49N7O5. The van der Waals surface area contributed by atoms with E-state index in [-0.39, 0.29) is 30.6 Å². The van der Waals surface area contributed by atoms with Gasteiger partial charge in [0, 0.05) is 75.6 Å². The number of nitrogens with zero attached hydrogens (tertiary/aromatic N) is 4. The number of aromatic nitrogens is 2. The van der Waals surface area contributed by atoms with Gasteiger partial charge in [-0.3, -0.25) is 14.5 Å². The van der Waals surface area contributed by atoms with Crippen molar-refractivity contribution < 1.29 is 24.2 Å². The van der Waals surface area contributed by atoms with Crippen LogP contribution in [0.1, 0.15) is 74.0 Å². The van der Waals surface area contributed by atoms with E-state index in [1.54, 1.807) is 24.5 Å². The molecule has 12 nitrogen and oxygen atoms in total. The Kier molecular flexibility index (Phi) is 13.2. The number of amides is 2. The zero-order valence-electron chi connectivity index (χ0n) is 29.5. The predicted molar refractivity (Wildman–Crippen MR) is 201 cm³/mol. The van der Waals surface area contributed by atoms with Crippen LogP contribution in [0.15, 0.2) is 91.3 Å². The fourth-order valence-electron chi connectivity index (χ4n) is 6.60. The minimum Gasteiger partial charge on any atom is -0.397 e. The molecular weight excluding hydrogens is 658 g/mol. The van der Waals surface area contributed by atoms with Gasteiger partial charge < -0.3 is 35.8 Å². The lowest BCUT2D eigenvalue weighted by Crippen LogP contribution is -2.50. The number of piperazine rings is 1. The maximum absolute atomic E-state index is 12.7. The molecule has 2 aliphatic heterocycles. The summed E-state index contributed by atoms with van der Waals surface area (Å²) in [6.07, 6.45) is 7.52. The van der Waals surface area contributed by atoms with Crippen molar-refractivity contribution in [3.8, 4) is 0 Å². The molecule has 1 aromatic heterocycles. The lowest BCUT2D eigenvalue weighted by molar-refractivity contribution is -0.253. The van der Waals surface area contributed by atoms with E-state index in [2.05, 4.69) is 30.4 Å². The Morgan fingerprint density at radius 1 is 0.769 bits per heavy atom. The van der Waals surface area contributed by atoms with E-state index in [1.165, 1.54) is 0 Å². The van der Waals surface area contributed by atoms with Crippen LogP contribution in [0.5, 0.6) is 0 Å². The molecule has 0 aliphatic carbocycles. The van der Waals surface area contributed by atoms with Crippen LogP contribution < -0.4 is 21.3 Å². The molecule has 0 saturated carbocycles. The molecule has 3 unspecified atom stereocenters. The number of nitrogens with two attached hydrogens (primary N) is 1. The largest absolute Gasteiger partial charge is 0.397 e. The van der Waals surface area contributed by atoms with Gasteiger partial charge in [0.05, 0.1) is 30.2 Å². The third-order valence-corrected chi connectivity index (χ3v) is 9.54. The monoisotopic (exact) mass is 707 g/mol. The Morgan fingerprint density at radius 3 is 2.10 bits per heavy atom. The lowest BCUT2D eigenvalue weighted by Gasteiger charge is -2.40. The second kappa shape index (κ2) is 18.6. The quantitative estimate of drug-likeness (QED) is 0.0876. The highest BCUT2D eigenvalue weighted by molar-refractivity contribution is 5.93. The highest BCUT2D eigenvalue weighted by Crippen LogP contribution is 2.38. The Balaban J connectivity index is 0.972. The maximum Gasteiger partial charge on any atom is 0.225 e. The van der Waals surface area contributed by atoms with Crippen LogP contribution in [0.25, 0.3) is 0 Å². The summed E-state index contributed by atoms with van der Waals surface area (Å²) in [7, 11) is 0. The number of hydrogen-bond donors (Lipinski definition) is 4. The normalized spacial score (nSPS) is 19.2. The highest BCUT2D eigenvalue weighted by atomic mass is 16.7. The Morgan fingerprint density at radius 2 is 1.42 bits per heavy atom. The number of aliphatic hydroxyl groups is 1. The second-order valence-electron chi connectivity index (χ2n) is 13.4. The van der Waals surface area contributed by atoms with Crippen LogP contribution in [0.4, 0.5) is 23.0 Å². The number of carbonyl (C=O) groups is 2. The van der Waals surface area contributed by atoms with Crippen molar-refractivity contribution in [2.75, 3.05) is 54.0 Å². The van der Waals surface area contributed by atoms with E-state index >= 15 is 0 Å². The smallest absolute Gasteiger partial charge is 0.225 e. The van der Waals surface area contributed by atoms with Crippen molar-refractivity contribution >= 4 is 34.8 Å². The molecule has 52 heavy (non-hydrogen) atoms. The molecule has 5 N–H and O–H groups in total. The predicted octanol–water partition coefficient (Wildman–Crippen LogP) is 5.84. The second-order valence-corrected chi connectivity index (χ2v) is 13.4. The van der Waals surface area contributed by atoms with Crippen molar-refractivity contribution in [3.05, 3.63) is 108 Å². The average molecular weight is 708 g/mol. The summed E-state index contributed by atoms with van der Waals surface area (Å²) in [5, 5.41) is 15.4. The summed E-state index contributed by atoms with van der Waals surface area (Å²) in [4.78, 5) is 38.4. The molecule has 2 aliphatic rings. The first-order valence-corrected chi connectivity index (χ1v) is 18.2. The molecule has 2 amide bonds. The van der Waals surface area contributed by atoms with E-state index in [0.29, 0.717) is 30.6 Å². The first-order valence-electron chi connectivity index (χ1n) is 18.2. The lowest BCUT2D eigenvalue weighted by atomic mass is 9.99. The SMILES string of the molecule is Nc1ccccc1NC(=O)CCCCCCC(=O)Nc1ccc(C2OC(CN3CCN(c4ncccn4)CC3)CC(c3ccc(CO)cc3)O2)cc1. The molecule has 12 heteroatoms. The van der Waals surface area contributed by atoms with E-state index in [1.807, 2.05) is 66.7 Å². The fourth-order valence-corrected chi connectivity index (χ4v) is 6.60. The Labute approximate surface area is 305 Å². The van der Waals surface area contributed by atoms with E-state index in [4.69, 9.17) is 15.2 Å². The summed E-state index contributed by atoms with van der Waals surface area (Å²) in [6, 6.07) is 24.6. The van der Waals surface area contributed by atoms with Gasteiger partial charge in [0.1, 0.15) is 0 Å². The zero-order chi connectivity index (χ0) is 36.1. The van der Waals surface area contributed by atoms with Crippen LogP contribution in [0, 0.1) is 0 Å². The number of unbranched alkanes of at least 4 members (excludes halogenated alkanes) is 3. The van der Waals surface area contributed by atoms with Crippen molar-refractivity contribution in [3.63, 3.8) is 0 Å². The average Bonchev–Trinajstić information content (AvgIpc) is 3.18. The summed E-state index contributed by atoms with van der Waals surface area (Å²) in [5.41, 5.74) is 10.6. The van der Waals surface area contributed by atoms with Gasteiger partial charge in [-0.25, -0.2) is 9.97 Å². The van der Waals surface area contributed by atoms with Crippen LogP contribution in [-0.2, 0) is 25.7 Å². The third kappa shape index (κ3) is 10.6. The number of aliphatic hydroxyl groups excluding tert-OH is 1. The number of para-hydroxylation sites is 2. The third-order valence-electron chi connectivity index (χ3n) is 9.54. The molecule has 3 atom stereocenters. The summed E-state index contributed by atoms with van der Waals surface area (Å²) >= 11 is 0. The van der Waals surface area contributed by atoms with Gasteiger partial charge in [0.15, 0.2) is 6.29 Å². The van der Waals surface area contributed by atoms with E-state index < -0.39 is 6.29 Å². The molecule has 4 aromatic rings. The number of benzene rings is 3. The minimum atomic E-state index is -0.572. The van der Waals surface area contributed by atoms with Gasteiger partial charge in [-0.2, -0.15) is 0 Å². The Hall–Kier alpha value is -4.88. The summed E-state index contributed by atoms with van der Waals surface area (Å²) in [5.74, 6) is 0.666. The van der Waals surface area contributed by atoms with Crippen molar-refractivity contribution in [1.29, 1.82) is 0 Å². The molecule has 6 rings (SSSR count). The van der Waals surface area contributed by atoms with Crippen LogP contribution in [0.3, 0.4) is 0 Å². The standard InChI is InChI=1S/C40H49N7O5/c41-34-8-5-6-9-35(34)45-38(50)11-4-2-1-3-10-37(49)44-32-18-16-31(17-19-32)39-51-33(26-36(52-39)30-14-12-29(28-48)13-15-30)27-46-22-24-47(25-23-46)40-42-20-7-21-43-40/h5-9,12-21,33,36,39,48H,1-4,10-11,22-28,41H2,(H,44,49)(H,45,50). The maximum atomic E-state index is 12.7. The number of hydrogen-bond acceptors (Lipinski definition) is 10. The zero-order valence-corrected chi connectivity index (χ0v) is 29.5. The summed E-state index contributed by atoms with van der Waals surface area (Å²) < 4.78 is 13.1. The summed E-state index contributed by atoms with van der Waals surface area (Å²) in [6.45, 7) is 4.24. The van der Waals surface area contributed by atoms with Crippen LogP contribution >= 0.6 is 0 Å². The van der Waals surface area contributed by atoms with Gasteiger partial charge in [-0.1, -0.05) is 61.4 Å². The Bertz CT molecular complexity index is 1720. The first kappa shape index (κ1) is 36.9. The fraction of sp³-hybridized carbons (Fsp3) is 0.400. The molecule has 3 aromatic carbocycles. The van der Waals surface area contributed by atoms with Gasteiger partial charge >= 0.3 is 0 Å². The van der Waals surface area contributed by atoms with E-state index in [0.717, 1.165) is 86.7 Å². The van der Waals surface area contributed by atoms with Crippen molar-refractivity contribution in [2.24, 2.45) is 0 Å². The molecule has 3 heterocycles. The number of anilines is 4. The van der Waals surface area contributed by atoms with Gasteiger partial charge in [-0.15, -0.1) is 0 Å². The topological polar surface area (TPSA) is 155 Å². The molecule has 2 fully saturated rings. The molecule has 0 radical (unpaired) electrons. The number of rotatable bonds is 15. The van der Waals surface area contributed by atoms with Gasteiger partial charge in [0.2, 0.25) is 17.8 Å². The van der Waals surface area contributed by atoms with Crippen molar-refractivity contribution in [2.45, 2.75) is 70.1 Å². The first-order chi connectivity index (χ1) is 25.4. The van der Waals surface area contributed by atoms with E-state index in [9.17, 15) is 14.7 Å². The number of nitrogen functional groups attached to an aromatic ring is 1. The highest BCUT2D eigenvalue weighted by Gasteiger charge is 2.34. The number of nitrogens with one attached hydrogen (secondary N) is 2. The number of ether oxygens (including phenoxy) is 2. The number of carbonyl (C=O) groups excluding carboxylic acids is 2. The molecule has 0 bridgehead atoms. The van der Waals surface area contributed by atoms with Gasteiger partial charge in [0.25, 0.3) is 0 Å². The minimum absolute atomic E-state index is 0.00470. The van der Waals surface area contributed by atoms with Gasteiger partial charge in [-0.05, 0) is 54.3 Å². The molecule has 2 saturated heterocycles. The van der Waals surface area contributed by atoms with Crippen LogP contribution in [0.2, 0.25) is 0 Å².